The van der Waals surface area contributed by atoms with E-state index in [9.17, 15) is 34.8 Å². The van der Waals surface area contributed by atoms with Gasteiger partial charge >= 0.3 is 0 Å². The maximum absolute atomic E-state index is 14.0. The molecule has 39 heavy (non-hydrogen) atoms. The summed E-state index contributed by atoms with van der Waals surface area (Å²) >= 11 is 0. The first-order valence-electron chi connectivity index (χ1n) is 13.0. The summed E-state index contributed by atoms with van der Waals surface area (Å²) in [5, 5.41) is 48.6. The fourth-order valence-electron chi connectivity index (χ4n) is 6.38. The number of Topliss-reactive ketones (excluding diaryl/α,β-unsaturated/α-hetero) is 2. The Hall–Kier alpha value is -3.41. The SMILES string of the molecule is CC(C)CNCc1cc(N(C)C)c2c(c1O)C(=O)C1=C(O)[C@]3(O)C(=O)C(C(N)=O)=C(O)[C@@H](N(C)C)[C@@H]3C[C@@H]1C2. The molecule has 0 saturated heterocycles. The lowest BCUT2D eigenvalue weighted by Gasteiger charge is -2.50. The monoisotopic (exact) mass is 542 g/mol. The van der Waals surface area contributed by atoms with Crippen molar-refractivity contribution < 1.29 is 34.8 Å². The van der Waals surface area contributed by atoms with Crippen LogP contribution in [0.25, 0.3) is 0 Å². The zero-order valence-electron chi connectivity index (χ0n) is 23.2. The Balaban J connectivity index is 1.91. The van der Waals surface area contributed by atoms with E-state index >= 15 is 0 Å². The van der Waals surface area contributed by atoms with Crippen molar-refractivity contribution in [2.45, 2.75) is 44.9 Å². The zero-order chi connectivity index (χ0) is 29.1. The Labute approximate surface area is 227 Å². The largest absolute Gasteiger partial charge is 0.510 e. The van der Waals surface area contributed by atoms with Gasteiger partial charge in [-0.1, -0.05) is 13.8 Å². The third-order valence-electron chi connectivity index (χ3n) is 8.13. The first kappa shape index (κ1) is 28.6. The van der Waals surface area contributed by atoms with Gasteiger partial charge in [0.05, 0.1) is 11.6 Å². The minimum Gasteiger partial charge on any atom is -0.510 e. The van der Waals surface area contributed by atoms with Crippen LogP contribution in [0.3, 0.4) is 0 Å². The molecular weight excluding hydrogens is 504 g/mol. The Kier molecular flexibility index (Phi) is 7.30. The van der Waals surface area contributed by atoms with E-state index in [0.717, 1.165) is 5.69 Å². The number of nitrogens with two attached hydrogens (primary N) is 1. The van der Waals surface area contributed by atoms with Crippen LogP contribution in [0.1, 0.15) is 41.8 Å². The Morgan fingerprint density at radius 1 is 1.18 bits per heavy atom. The van der Waals surface area contributed by atoms with Crippen molar-refractivity contribution in [3.05, 3.63) is 45.4 Å². The number of carbonyl (C=O) groups excluding carboxylic acids is 3. The lowest BCUT2D eigenvalue weighted by atomic mass is 9.58. The van der Waals surface area contributed by atoms with E-state index in [1.165, 1.54) is 4.90 Å². The first-order chi connectivity index (χ1) is 18.1. The molecule has 0 unspecified atom stereocenters. The molecule has 11 heteroatoms. The number of phenolic OH excluding ortho intramolecular Hbond substituents is 1. The number of benzene rings is 1. The molecule has 0 saturated carbocycles. The molecule has 212 valence electrons. The summed E-state index contributed by atoms with van der Waals surface area (Å²) in [6, 6.07) is 0.815. The van der Waals surface area contributed by atoms with E-state index in [4.69, 9.17) is 5.73 Å². The van der Waals surface area contributed by atoms with Crippen LogP contribution in [0.15, 0.2) is 28.7 Å². The first-order valence-corrected chi connectivity index (χ1v) is 13.0. The average molecular weight is 543 g/mol. The van der Waals surface area contributed by atoms with Crippen molar-refractivity contribution in [1.29, 1.82) is 0 Å². The minimum absolute atomic E-state index is 0.0170. The molecule has 1 aromatic carbocycles. The summed E-state index contributed by atoms with van der Waals surface area (Å²) in [5.74, 6) is -6.15. The molecule has 0 heterocycles. The number of hydrogen-bond acceptors (Lipinski definition) is 10. The molecule has 11 nitrogen and oxygen atoms in total. The van der Waals surface area contributed by atoms with Crippen molar-refractivity contribution in [2.24, 2.45) is 23.5 Å². The van der Waals surface area contributed by atoms with Gasteiger partial charge in [0, 0.05) is 43.4 Å². The number of allylic oxidation sites excluding steroid dienone is 1. The number of fused-ring (bicyclic) bond motifs is 3. The number of amides is 1. The third kappa shape index (κ3) is 4.29. The molecular formula is C28H38N4O7. The van der Waals surface area contributed by atoms with Crippen molar-refractivity contribution in [3.63, 3.8) is 0 Å². The van der Waals surface area contributed by atoms with Crippen molar-refractivity contribution in [1.82, 2.24) is 10.2 Å². The second-order valence-electron chi connectivity index (χ2n) is 11.6. The smallest absolute Gasteiger partial charge is 0.255 e. The molecule has 0 fully saturated rings. The predicted octanol–water partition coefficient (Wildman–Crippen LogP) is 0.932. The predicted molar refractivity (Wildman–Crippen MR) is 145 cm³/mol. The van der Waals surface area contributed by atoms with E-state index in [0.29, 0.717) is 30.1 Å². The molecule has 3 aliphatic rings. The zero-order valence-corrected chi connectivity index (χ0v) is 23.2. The van der Waals surface area contributed by atoms with Crippen molar-refractivity contribution in [2.75, 3.05) is 39.6 Å². The molecule has 0 aliphatic heterocycles. The van der Waals surface area contributed by atoms with E-state index in [1.807, 2.05) is 25.1 Å². The molecule has 0 aromatic heterocycles. The van der Waals surface area contributed by atoms with Crippen LogP contribution in [-0.2, 0) is 22.6 Å². The van der Waals surface area contributed by atoms with Gasteiger partial charge in [-0.05, 0) is 56.9 Å². The number of primary amides is 1. The number of hydrogen-bond donors (Lipinski definition) is 6. The van der Waals surface area contributed by atoms with E-state index in [1.54, 1.807) is 14.1 Å². The van der Waals surface area contributed by atoms with Crippen molar-refractivity contribution in [3.8, 4) is 5.75 Å². The number of ketones is 2. The maximum atomic E-state index is 14.0. The topological polar surface area (TPSA) is 177 Å². The molecule has 1 aromatic rings. The Morgan fingerprint density at radius 2 is 1.82 bits per heavy atom. The molecule has 0 spiro atoms. The summed E-state index contributed by atoms with van der Waals surface area (Å²) in [6.07, 6.45) is 0.298. The van der Waals surface area contributed by atoms with E-state index < -0.39 is 58.0 Å². The molecule has 7 N–H and O–H groups in total. The molecule has 4 atom stereocenters. The number of likely N-dealkylation sites (N-methyl/N-ethyl adjacent to an activating group) is 1. The van der Waals surface area contributed by atoms with Gasteiger partial charge < -0.3 is 36.4 Å². The van der Waals surface area contributed by atoms with Gasteiger partial charge in [0.1, 0.15) is 22.8 Å². The van der Waals surface area contributed by atoms with Gasteiger partial charge in [0.25, 0.3) is 5.91 Å². The van der Waals surface area contributed by atoms with Gasteiger partial charge in [-0.2, -0.15) is 0 Å². The third-order valence-corrected chi connectivity index (χ3v) is 8.13. The minimum atomic E-state index is -2.65. The fraction of sp³-hybridized carbons (Fsp3) is 0.536. The van der Waals surface area contributed by atoms with Crippen LogP contribution in [0.5, 0.6) is 5.75 Å². The maximum Gasteiger partial charge on any atom is 0.255 e. The second kappa shape index (κ2) is 9.96. The normalized spacial score (nSPS) is 26.6. The van der Waals surface area contributed by atoms with E-state index in [-0.39, 0.29) is 29.7 Å². The van der Waals surface area contributed by atoms with Crippen molar-refractivity contribution >= 4 is 23.2 Å². The number of aromatic hydroxyl groups is 1. The van der Waals surface area contributed by atoms with Crippen LogP contribution in [0.4, 0.5) is 5.69 Å². The summed E-state index contributed by atoms with van der Waals surface area (Å²) in [5.41, 5.74) is 3.60. The van der Waals surface area contributed by atoms with Crippen LogP contribution < -0.4 is 16.0 Å². The van der Waals surface area contributed by atoms with Crippen LogP contribution in [0.2, 0.25) is 0 Å². The molecule has 4 rings (SSSR count). The van der Waals surface area contributed by atoms with Crippen LogP contribution in [-0.4, -0.2) is 89.2 Å². The molecule has 1 amide bonds. The summed E-state index contributed by atoms with van der Waals surface area (Å²) in [7, 11) is 6.87. The highest BCUT2D eigenvalue weighted by atomic mass is 16.3. The summed E-state index contributed by atoms with van der Waals surface area (Å²) in [4.78, 5) is 42.9. The Bertz CT molecular complexity index is 1310. The van der Waals surface area contributed by atoms with Gasteiger partial charge in [-0.3, -0.25) is 19.3 Å². The number of nitrogens with zero attached hydrogens (tertiary/aromatic N) is 2. The van der Waals surface area contributed by atoms with Crippen LogP contribution in [0, 0.1) is 17.8 Å². The summed E-state index contributed by atoms with van der Waals surface area (Å²) in [6.45, 7) is 5.11. The highest BCUT2D eigenvalue weighted by Crippen LogP contribution is 2.53. The second-order valence-corrected chi connectivity index (χ2v) is 11.6. The molecule has 0 radical (unpaired) electrons. The highest BCUT2D eigenvalue weighted by Gasteiger charge is 2.63. The van der Waals surface area contributed by atoms with Gasteiger partial charge in [-0.25, -0.2) is 0 Å². The lowest BCUT2D eigenvalue weighted by molar-refractivity contribution is -0.148. The molecule has 0 bridgehead atoms. The number of aliphatic hydroxyl groups excluding tert-OH is 2. The van der Waals surface area contributed by atoms with Gasteiger partial charge in [0.2, 0.25) is 5.78 Å². The van der Waals surface area contributed by atoms with Gasteiger partial charge in [0.15, 0.2) is 11.4 Å². The quantitative estimate of drug-likeness (QED) is 0.272. The van der Waals surface area contributed by atoms with E-state index in [2.05, 4.69) is 19.2 Å². The average Bonchev–Trinajstić information content (AvgIpc) is 2.81. The summed E-state index contributed by atoms with van der Waals surface area (Å²) < 4.78 is 0. The highest BCUT2D eigenvalue weighted by molar-refractivity contribution is 6.24. The Morgan fingerprint density at radius 3 is 2.36 bits per heavy atom. The number of phenols is 1. The van der Waals surface area contributed by atoms with Gasteiger partial charge in [-0.15, -0.1) is 0 Å². The number of carbonyl (C=O) groups is 3. The number of aliphatic hydroxyl groups is 3. The fourth-order valence-corrected chi connectivity index (χ4v) is 6.38. The number of rotatable bonds is 7. The van der Waals surface area contributed by atoms with Crippen LogP contribution >= 0.6 is 0 Å². The number of nitrogens with one attached hydrogen (secondary N) is 1. The number of anilines is 1. The standard InChI is InChI=1S/C28H38N4O7/c1-12(2)10-30-11-14-9-17(31(3)4)15-7-13-8-16-21(32(5)6)24(35)20(27(29)38)26(37)28(16,39)25(36)18(13)23(34)19(15)22(14)33/h9,12-13,16,21,30,33,35-36,39H,7-8,10-11H2,1-6H3,(H2,29,38)/t13-,16-,21-,28-/m0/s1. The molecule has 3 aliphatic carbocycles. The lowest BCUT2D eigenvalue weighted by Crippen LogP contribution is -2.63.